The van der Waals surface area contributed by atoms with Crippen LogP contribution in [0.15, 0.2) is 12.1 Å². The van der Waals surface area contributed by atoms with E-state index in [4.69, 9.17) is 4.74 Å². The number of benzene rings is 1. The highest BCUT2D eigenvalue weighted by Gasteiger charge is 2.21. The van der Waals surface area contributed by atoms with E-state index in [1.54, 1.807) is 13.0 Å². The zero-order chi connectivity index (χ0) is 14.2. The molecule has 0 aliphatic rings. The van der Waals surface area contributed by atoms with Crippen molar-refractivity contribution in [2.24, 2.45) is 0 Å². The molecule has 0 bridgehead atoms. The van der Waals surface area contributed by atoms with Gasteiger partial charge < -0.3 is 14.7 Å². The number of ether oxygens (including phenoxy) is 1. The van der Waals surface area contributed by atoms with Gasteiger partial charge in [-0.05, 0) is 37.0 Å². The summed E-state index contributed by atoms with van der Waals surface area (Å²) in [6.45, 7) is 5.66. The lowest BCUT2D eigenvalue weighted by Gasteiger charge is -2.17. The van der Waals surface area contributed by atoms with Crippen molar-refractivity contribution in [2.45, 2.75) is 33.6 Å². The number of hydrogen-bond acceptors (Lipinski definition) is 3. The number of rotatable bonds is 3. The Balaban J connectivity index is 2.96. The van der Waals surface area contributed by atoms with E-state index in [1.165, 1.54) is 7.11 Å². The highest BCUT2D eigenvalue weighted by atomic mass is 16.5. The van der Waals surface area contributed by atoms with Crippen molar-refractivity contribution in [1.29, 1.82) is 0 Å². The smallest absolute Gasteiger partial charge is 0.442 e. The molecule has 5 nitrogen and oxygen atoms in total. The third-order valence-electron chi connectivity index (χ3n) is 3.49. The van der Waals surface area contributed by atoms with Crippen LogP contribution in [-0.2, 0) is 12.8 Å². The summed E-state index contributed by atoms with van der Waals surface area (Å²) in [7, 11) is 1.39. The Kier molecular flexibility index (Phi) is 3.46. The molecule has 0 aliphatic carbocycles. The zero-order valence-electron chi connectivity index (χ0n) is 11.7. The Morgan fingerprint density at radius 1 is 1.26 bits per heavy atom. The van der Waals surface area contributed by atoms with Crippen LogP contribution >= 0.6 is 0 Å². The molecule has 5 heteroatoms. The molecule has 1 aromatic heterocycles. The first-order valence-electron chi connectivity index (χ1n) is 6.40. The number of aryl methyl sites for hydroxylation is 2. The summed E-state index contributed by atoms with van der Waals surface area (Å²) in [6, 6.07) is 3.60. The van der Waals surface area contributed by atoms with Crippen LogP contribution in [0.1, 0.15) is 30.7 Å². The van der Waals surface area contributed by atoms with Crippen LogP contribution in [0, 0.1) is 17.0 Å². The molecule has 0 N–H and O–H groups in total. The highest BCUT2D eigenvalue weighted by Crippen LogP contribution is 2.22. The molecule has 0 saturated heterocycles. The molecular weight excluding hydrogens is 244 g/mol. The maximum Gasteiger partial charge on any atom is 0.442 e. The van der Waals surface area contributed by atoms with Crippen LogP contribution in [0.4, 0.5) is 0 Å². The average molecular weight is 262 g/mol. The molecule has 2 aromatic rings. The van der Waals surface area contributed by atoms with Gasteiger partial charge in [0.2, 0.25) is 0 Å². The monoisotopic (exact) mass is 262 g/mol. The minimum Gasteiger partial charge on any atom is -0.805 e. The van der Waals surface area contributed by atoms with E-state index in [-0.39, 0.29) is 11.6 Å². The fourth-order valence-electron chi connectivity index (χ4n) is 2.40. The summed E-state index contributed by atoms with van der Waals surface area (Å²) in [6.07, 6.45) is 1.66. The first-order valence-corrected chi connectivity index (χ1v) is 6.40. The maximum atomic E-state index is 12.2. The molecule has 0 spiro atoms. The van der Waals surface area contributed by atoms with Gasteiger partial charge in [-0.25, -0.2) is 0 Å². The van der Waals surface area contributed by atoms with Crippen LogP contribution in [0.2, 0.25) is 0 Å². The molecule has 0 aliphatic heterocycles. The maximum absolute atomic E-state index is 12.2. The van der Waals surface area contributed by atoms with Crippen LogP contribution in [-0.4, -0.2) is 11.8 Å². The van der Waals surface area contributed by atoms with E-state index in [2.05, 4.69) is 0 Å². The van der Waals surface area contributed by atoms with Gasteiger partial charge in [0.15, 0.2) is 0 Å². The average Bonchev–Trinajstić information content (AvgIpc) is 2.44. The summed E-state index contributed by atoms with van der Waals surface area (Å²) >= 11 is 0. The van der Waals surface area contributed by atoms with E-state index in [1.807, 2.05) is 19.9 Å². The SMILES string of the molecule is CCc1cc2c(cc1CC)[n+](=O)c(OC)c(C)n2[O-]. The molecule has 0 atom stereocenters. The van der Waals surface area contributed by atoms with Gasteiger partial charge in [-0.15, -0.1) is 0 Å². The number of hydrogen-bond donors (Lipinski definition) is 0. The lowest BCUT2D eigenvalue weighted by Crippen LogP contribution is -2.23. The quantitative estimate of drug-likeness (QED) is 0.798. The lowest BCUT2D eigenvalue weighted by atomic mass is 10.0. The van der Waals surface area contributed by atoms with Gasteiger partial charge in [0.1, 0.15) is 15.6 Å². The summed E-state index contributed by atoms with van der Waals surface area (Å²) in [5, 5.41) is 12.2. The minimum absolute atomic E-state index is 0.0498. The first kappa shape index (κ1) is 13.4. The fraction of sp³-hybridized carbons (Fsp3) is 0.429. The summed E-state index contributed by atoms with van der Waals surface area (Å²) in [4.78, 5) is 12.2. The highest BCUT2D eigenvalue weighted by molar-refractivity contribution is 5.75. The summed E-state index contributed by atoms with van der Waals surface area (Å²) in [5.74, 6) is 0.0498. The molecule has 1 heterocycles. The Labute approximate surface area is 111 Å². The molecule has 0 amide bonds. The van der Waals surface area contributed by atoms with Crippen LogP contribution < -0.4 is 9.16 Å². The molecule has 1 aromatic carbocycles. The van der Waals surface area contributed by atoms with Gasteiger partial charge in [-0.2, -0.15) is 0 Å². The third-order valence-corrected chi connectivity index (χ3v) is 3.49. The van der Waals surface area contributed by atoms with Crippen molar-refractivity contribution in [3.05, 3.63) is 39.1 Å². The van der Waals surface area contributed by atoms with Gasteiger partial charge >= 0.3 is 5.88 Å². The van der Waals surface area contributed by atoms with Gasteiger partial charge in [0.25, 0.3) is 5.52 Å². The molecule has 19 heavy (non-hydrogen) atoms. The lowest BCUT2D eigenvalue weighted by molar-refractivity contribution is -0.476. The largest absolute Gasteiger partial charge is 0.805 e. The Bertz CT molecular complexity index is 689. The Hall–Kier alpha value is -2.04. The number of nitrogens with zero attached hydrogens (tertiary/aromatic N) is 2. The van der Waals surface area contributed by atoms with Crippen molar-refractivity contribution in [3.63, 3.8) is 0 Å². The number of aromatic nitrogens is 2. The Morgan fingerprint density at radius 2 is 1.84 bits per heavy atom. The van der Waals surface area contributed by atoms with Crippen LogP contribution in [0.25, 0.3) is 11.0 Å². The van der Waals surface area contributed by atoms with Crippen molar-refractivity contribution < 1.29 is 9.16 Å². The molecule has 102 valence electrons. The van der Waals surface area contributed by atoms with E-state index < -0.39 is 0 Å². The molecular formula is C14H18N2O3. The normalized spacial score (nSPS) is 10.9. The fourth-order valence-corrected chi connectivity index (χ4v) is 2.40. The summed E-state index contributed by atoms with van der Waals surface area (Å²) in [5.41, 5.74) is 3.21. The molecule has 0 saturated carbocycles. The van der Waals surface area contributed by atoms with Crippen molar-refractivity contribution >= 4 is 11.0 Å². The van der Waals surface area contributed by atoms with Crippen LogP contribution in [0.5, 0.6) is 5.88 Å². The Morgan fingerprint density at radius 3 is 2.37 bits per heavy atom. The second kappa shape index (κ2) is 4.91. The summed E-state index contributed by atoms with van der Waals surface area (Å²) < 4.78 is 6.48. The molecule has 0 fully saturated rings. The van der Waals surface area contributed by atoms with E-state index in [9.17, 15) is 10.1 Å². The van der Waals surface area contributed by atoms with Crippen molar-refractivity contribution in [3.8, 4) is 5.88 Å². The van der Waals surface area contributed by atoms with Gasteiger partial charge in [0.05, 0.1) is 7.11 Å². The third kappa shape index (κ3) is 1.95. The van der Waals surface area contributed by atoms with E-state index >= 15 is 0 Å². The number of methoxy groups -OCH3 is 1. The topological polar surface area (TPSA) is 60.2 Å². The molecule has 2 rings (SSSR count). The second-order valence-corrected chi connectivity index (χ2v) is 4.50. The van der Waals surface area contributed by atoms with Gasteiger partial charge in [-0.1, -0.05) is 13.8 Å². The van der Waals surface area contributed by atoms with Gasteiger partial charge in [-0.3, -0.25) is 0 Å². The van der Waals surface area contributed by atoms with E-state index in [0.717, 1.165) is 28.7 Å². The van der Waals surface area contributed by atoms with Crippen molar-refractivity contribution in [2.75, 3.05) is 7.11 Å². The minimum atomic E-state index is 0.0498. The zero-order valence-corrected chi connectivity index (χ0v) is 11.7. The van der Waals surface area contributed by atoms with Crippen LogP contribution in [0.3, 0.4) is 0 Å². The molecule has 0 unspecified atom stereocenters. The second-order valence-electron chi connectivity index (χ2n) is 4.50. The standard InChI is InChI=1S/C14H18N2O3/c1-5-10-7-12-13(8-11(10)6-2)16(18)14(19-4)9(3)15(12)17/h7-8H,5-6H2,1-4H3. The molecule has 0 radical (unpaired) electrons. The first-order chi connectivity index (χ1) is 9.04. The van der Waals surface area contributed by atoms with Gasteiger partial charge in [0, 0.05) is 11.0 Å². The number of fused-ring (bicyclic) bond motifs is 1. The van der Waals surface area contributed by atoms with E-state index in [0.29, 0.717) is 15.5 Å². The van der Waals surface area contributed by atoms with Crippen molar-refractivity contribution in [1.82, 2.24) is 4.73 Å². The predicted molar refractivity (Wildman–Crippen MR) is 74.1 cm³/mol. The predicted octanol–water partition coefficient (Wildman–Crippen LogP) is 2.34.